The van der Waals surface area contributed by atoms with Crippen molar-refractivity contribution in [2.75, 3.05) is 11.9 Å². The van der Waals surface area contributed by atoms with Crippen LogP contribution >= 0.6 is 0 Å². The molecule has 1 heterocycles. The highest BCUT2D eigenvalue weighted by atomic mass is 16.7. The first kappa shape index (κ1) is 29.9. The summed E-state index contributed by atoms with van der Waals surface area (Å²) in [6.45, 7) is 7.74. The van der Waals surface area contributed by atoms with Crippen LogP contribution in [0, 0.1) is 0 Å². The van der Waals surface area contributed by atoms with E-state index in [9.17, 15) is 24.0 Å². The van der Waals surface area contributed by atoms with Gasteiger partial charge in [0.1, 0.15) is 12.2 Å². The van der Waals surface area contributed by atoms with Gasteiger partial charge in [-0.3, -0.25) is 24.5 Å². The average Bonchev–Trinajstić information content (AvgIpc) is 2.78. The minimum absolute atomic E-state index is 0.408. The summed E-state index contributed by atoms with van der Waals surface area (Å²) in [7, 11) is 0. The minimum Gasteiger partial charge on any atom is -0.466 e. The number of ether oxygens (including phenoxy) is 5. The topological polar surface area (TPSA) is 177 Å². The summed E-state index contributed by atoms with van der Waals surface area (Å²) in [4.78, 5) is 65.1. The van der Waals surface area contributed by atoms with E-state index in [-0.39, 0.29) is 0 Å². The first-order valence-electron chi connectivity index (χ1n) is 11.5. The standard InChI is InChI=1S/C24H31N3O11/c1-13(28)33-12-17-19(34-14(2)29)20(35-15(3)30)18(26-22(31)37-24(4,5)6)21(36-17)27-38-23(32)25-16-10-8-7-9-11-16/h7-11,17-20H,12H2,1-6H3,(H,25,32)(H,26,31)/b27-21-/t17?,18?,19-,20?/m1/s1. The zero-order valence-corrected chi connectivity index (χ0v) is 21.8. The predicted octanol–water partition coefficient (Wildman–Crippen LogP) is 2.27. The van der Waals surface area contributed by atoms with E-state index in [1.54, 1.807) is 51.1 Å². The van der Waals surface area contributed by atoms with Gasteiger partial charge < -0.3 is 29.0 Å². The molecule has 0 aromatic heterocycles. The highest BCUT2D eigenvalue weighted by Crippen LogP contribution is 2.25. The Bertz CT molecular complexity index is 1050. The molecule has 2 N–H and O–H groups in total. The van der Waals surface area contributed by atoms with Gasteiger partial charge in [-0.15, -0.1) is 0 Å². The Kier molecular flexibility index (Phi) is 10.4. The minimum atomic E-state index is -1.45. The number of oxime groups is 1. The van der Waals surface area contributed by atoms with Crippen LogP contribution in [-0.4, -0.2) is 72.6 Å². The SMILES string of the molecule is CC(=O)OCC1O/C(=N\OC(=O)Nc2ccccc2)C(NC(=O)OC(C)(C)C)C(OC(C)=O)[C@@H]1OC(C)=O. The number of carbonyl (C=O) groups is 5. The van der Waals surface area contributed by atoms with Gasteiger partial charge in [-0.05, 0) is 38.1 Å². The molecule has 0 spiro atoms. The number of esters is 3. The third kappa shape index (κ3) is 9.95. The van der Waals surface area contributed by atoms with Gasteiger partial charge in [-0.2, -0.15) is 0 Å². The maximum absolute atomic E-state index is 12.6. The fourth-order valence-electron chi connectivity index (χ4n) is 3.23. The quantitative estimate of drug-likeness (QED) is 0.226. The summed E-state index contributed by atoms with van der Waals surface area (Å²) in [6, 6.07) is 6.88. The van der Waals surface area contributed by atoms with Crippen molar-refractivity contribution in [2.45, 2.75) is 71.5 Å². The second-order valence-corrected chi connectivity index (χ2v) is 9.03. The Morgan fingerprint density at radius 3 is 2.05 bits per heavy atom. The number of nitrogens with zero attached hydrogens (tertiary/aromatic N) is 1. The number of hydrogen-bond donors (Lipinski definition) is 2. The smallest absolute Gasteiger partial charge is 0.437 e. The van der Waals surface area contributed by atoms with Gasteiger partial charge >= 0.3 is 30.1 Å². The highest BCUT2D eigenvalue weighted by Gasteiger charge is 2.51. The Morgan fingerprint density at radius 1 is 0.895 bits per heavy atom. The lowest BCUT2D eigenvalue weighted by molar-refractivity contribution is -0.186. The molecule has 14 nitrogen and oxygen atoms in total. The largest absolute Gasteiger partial charge is 0.466 e. The van der Waals surface area contributed by atoms with E-state index < -0.39 is 72.6 Å². The molecule has 1 aliphatic rings. The number of rotatable bonds is 7. The van der Waals surface area contributed by atoms with Crippen molar-refractivity contribution in [1.29, 1.82) is 0 Å². The Labute approximate surface area is 218 Å². The van der Waals surface area contributed by atoms with E-state index >= 15 is 0 Å². The van der Waals surface area contributed by atoms with Crippen molar-refractivity contribution in [3.8, 4) is 0 Å². The maximum atomic E-state index is 12.6. The fourth-order valence-corrected chi connectivity index (χ4v) is 3.23. The summed E-state index contributed by atoms with van der Waals surface area (Å²) in [5, 5.41) is 8.57. The van der Waals surface area contributed by atoms with Gasteiger partial charge in [-0.25, -0.2) is 9.59 Å². The Balaban J connectivity index is 2.44. The van der Waals surface area contributed by atoms with Crippen LogP contribution in [0.15, 0.2) is 35.5 Å². The van der Waals surface area contributed by atoms with Crippen LogP contribution in [-0.2, 0) is 42.9 Å². The summed E-state index contributed by atoms with van der Waals surface area (Å²) >= 11 is 0. The molecule has 4 atom stereocenters. The van der Waals surface area contributed by atoms with Gasteiger partial charge in [0.2, 0.25) is 0 Å². The molecular weight excluding hydrogens is 506 g/mol. The lowest BCUT2D eigenvalue weighted by atomic mass is 9.96. The number of anilines is 1. The molecule has 1 saturated heterocycles. The molecule has 2 rings (SSSR count). The number of nitrogens with one attached hydrogen (secondary N) is 2. The zero-order valence-electron chi connectivity index (χ0n) is 21.8. The molecule has 1 fully saturated rings. The molecule has 0 aliphatic carbocycles. The molecular formula is C24H31N3O11. The molecule has 0 saturated carbocycles. The van der Waals surface area contributed by atoms with E-state index in [4.69, 9.17) is 28.5 Å². The maximum Gasteiger partial charge on any atom is 0.437 e. The van der Waals surface area contributed by atoms with Crippen molar-refractivity contribution >= 4 is 41.7 Å². The van der Waals surface area contributed by atoms with Crippen molar-refractivity contribution in [3.63, 3.8) is 0 Å². The van der Waals surface area contributed by atoms with Gasteiger partial charge in [0.25, 0.3) is 5.90 Å². The third-order valence-electron chi connectivity index (χ3n) is 4.52. The Hall–Kier alpha value is -4.36. The first-order chi connectivity index (χ1) is 17.7. The van der Waals surface area contributed by atoms with Gasteiger partial charge in [0.15, 0.2) is 24.4 Å². The highest BCUT2D eigenvalue weighted by molar-refractivity contribution is 5.89. The predicted molar refractivity (Wildman–Crippen MR) is 130 cm³/mol. The van der Waals surface area contributed by atoms with E-state index in [1.807, 2.05) is 0 Å². The van der Waals surface area contributed by atoms with E-state index in [2.05, 4.69) is 15.8 Å². The number of carbonyl (C=O) groups excluding carboxylic acids is 5. The summed E-state index contributed by atoms with van der Waals surface area (Å²) in [5.74, 6) is -2.71. The lowest BCUT2D eigenvalue weighted by Crippen LogP contribution is -2.65. The number of alkyl carbamates (subject to hydrolysis) is 1. The Morgan fingerprint density at radius 2 is 1.50 bits per heavy atom. The second-order valence-electron chi connectivity index (χ2n) is 9.03. The molecule has 1 aliphatic heterocycles. The van der Waals surface area contributed by atoms with E-state index in [1.165, 1.54) is 0 Å². The average molecular weight is 538 g/mol. The number of amides is 2. The van der Waals surface area contributed by atoms with Crippen molar-refractivity contribution in [3.05, 3.63) is 30.3 Å². The zero-order chi connectivity index (χ0) is 28.5. The molecule has 3 unspecified atom stereocenters. The van der Waals surface area contributed by atoms with Crippen molar-refractivity contribution in [2.24, 2.45) is 5.16 Å². The van der Waals surface area contributed by atoms with Gasteiger partial charge in [0, 0.05) is 26.5 Å². The lowest BCUT2D eigenvalue weighted by Gasteiger charge is -2.41. The van der Waals surface area contributed by atoms with Crippen molar-refractivity contribution < 1.29 is 52.5 Å². The van der Waals surface area contributed by atoms with Crippen LogP contribution in [0.4, 0.5) is 15.3 Å². The van der Waals surface area contributed by atoms with Crippen LogP contribution in [0.25, 0.3) is 0 Å². The summed E-state index contributed by atoms with van der Waals surface area (Å²) in [6.07, 6.45) is -6.05. The normalized spacial score (nSPS) is 21.8. The molecule has 14 heteroatoms. The number of benzene rings is 1. The molecule has 38 heavy (non-hydrogen) atoms. The third-order valence-corrected chi connectivity index (χ3v) is 4.52. The molecule has 208 valence electrons. The van der Waals surface area contributed by atoms with Crippen LogP contribution in [0.3, 0.4) is 0 Å². The molecule has 0 bridgehead atoms. The van der Waals surface area contributed by atoms with Crippen LogP contribution in [0.1, 0.15) is 41.5 Å². The van der Waals surface area contributed by atoms with Gasteiger partial charge in [0.05, 0.1) is 0 Å². The second kappa shape index (κ2) is 13.3. The van der Waals surface area contributed by atoms with Crippen molar-refractivity contribution in [1.82, 2.24) is 5.32 Å². The number of hydrogen-bond acceptors (Lipinski definition) is 12. The molecule has 2 amide bonds. The first-order valence-corrected chi connectivity index (χ1v) is 11.5. The summed E-state index contributed by atoms with van der Waals surface area (Å²) < 4.78 is 26.7. The molecule has 0 radical (unpaired) electrons. The van der Waals surface area contributed by atoms with Crippen LogP contribution < -0.4 is 10.6 Å². The fraction of sp³-hybridized carbons (Fsp3) is 0.500. The van der Waals surface area contributed by atoms with E-state index in [0.29, 0.717) is 5.69 Å². The molecule has 1 aromatic rings. The van der Waals surface area contributed by atoms with Crippen LogP contribution in [0.2, 0.25) is 0 Å². The summed E-state index contributed by atoms with van der Waals surface area (Å²) in [5.41, 5.74) is -0.501. The van der Waals surface area contributed by atoms with E-state index in [0.717, 1.165) is 20.8 Å². The monoisotopic (exact) mass is 537 g/mol. The van der Waals surface area contributed by atoms with Gasteiger partial charge in [-0.1, -0.05) is 18.2 Å². The van der Waals surface area contributed by atoms with Crippen LogP contribution in [0.5, 0.6) is 0 Å². The number of para-hydroxylation sites is 1. The molecule has 1 aromatic carbocycles.